The topological polar surface area (TPSA) is 32.8 Å². The molecular formula is C30H34ClF3N2O2. The molecule has 0 unspecified atom stereocenters. The maximum absolute atomic E-state index is 13.4. The Morgan fingerprint density at radius 3 is 2.39 bits per heavy atom. The molecule has 3 aromatic rings. The average molecular weight is 547 g/mol. The monoisotopic (exact) mass is 546 g/mol. The van der Waals surface area contributed by atoms with Gasteiger partial charge in [-0.25, -0.2) is 0 Å². The van der Waals surface area contributed by atoms with Gasteiger partial charge in [0.25, 0.3) is 0 Å². The fourth-order valence-corrected chi connectivity index (χ4v) is 4.52. The molecule has 0 aliphatic heterocycles. The van der Waals surface area contributed by atoms with Gasteiger partial charge in [-0.15, -0.1) is 0 Å². The highest BCUT2D eigenvalue weighted by Gasteiger charge is 2.34. The fourth-order valence-electron chi connectivity index (χ4n) is 4.23. The number of hydrogen-bond donors (Lipinski definition) is 0. The number of nitrogens with zero attached hydrogens (tertiary/aromatic N) is 2. The predicted octanol–water partition coefficient (Wildman–Crippen LogP) is 7.06. The van der Waals surface area contributed by atoms with Gasteiger partial charge in [-0.2, -0.15) is 13.2 Å². The van der Waals surface area contributed by atoms with Crippen LogP contribution in [0.1, 0.15) is 41.5 Å². The molecule has 0 fully saturated rings. The van der Waals surface area contributed by atoms with Gasteiger partial charge in [0.1, 0.15) is 5.75 Å². The molecule has 1 amide bonds. The summed E-state index contributed by atoms with van der Waals surface area (Å²) in [5, 5.41) is -0.252. The molecule has 8 heteroatoms. The minimum Gasteiger partial charge on any atom is -0.494 e. The van der Waals surface area contributed by atoms with Crippen molar-refractivity contribution in [3.63, 3.8) is 0 Å². The molecule has 0 bridgehead atoms. The molecule has 38 heavy (non-hydrogen) atoms. The Morgan fingerprint density at radius 2 is 1.71 bits per heavy atom. The molecule has 1 atom stereocenters. The molecule has 3 aromatic carbocycles. The van der Waals surface area contributed by atoms with Gasteiger partial charge in [-0.05, 0) is 47.2 Å². The van der Waals surface area contributed by atoms with Crippen molar-refractivity contribution >= 4 is 17.5 Å². The van der Waals surface area contributed by atoms with E-state index in [0.29, 0.717) is 50.4 Å². The van der Waals surface area contributed by atoms with Crippen LogP contribution in [-0.4, -0.2) is 49.5 Å². The number of carbonyl (C=O) groups is 1. The molecule has 0 aromatic heterocycles. The molecule has 0 saturated carbocycles. The zero-order valence-electron chi connectivity index (χ0n) is 22.0. The number of rotatable bonds is 12. The minimum absolute atomic E-state index is 0.0126. The van der Waals surface area contributed by atoms with Crippen molar-refractivity contribution < 1.29 is 22.7 Å². The lowest BCUT2D eigenvalue weighted by Gasteiger charge is -2.27. The summed E-state index contributed by atoms with van der Waals surface area (Å²) in [4.78, 5) is 15.7. The van der Waals surface area contributed by atoms with Gasteiger partial charge in [0.15, 0.2) is 0 Å². The first-order valence-electron chi connectivity index (χ1n) is 12.6. The van der Waals surface area contributed by atoms with Crippen LogP contribution in [0.5, 0.6) is 5.75 Å². The van der Waals surface area contributed by atoms with E-state index >= 15 is 0 Å². The van der Waals surface area contributed by atoms with Crippen LogP contribution in [0, 0.1) is 0 Å². The van der Waals surface area contributed by atoms with Crippen LogP contribution in [0.4, 0.5) is 13.2 Å². The highest BCUT2D eigenvalue weighted by Crippen LogP contribution is 2.36. The van der Waals surface area contributed by atoms with Crippen LogP contribution in [0.3, 0.4) is 0 Å². The average Bonchev–Trinajstić information content (AvgIpc) is 2.87. The van der Waals surface area contributed by atoms with E-state index in [1.54, 1.807) is 25.1 Å². The molecule has 0 aliphatic carbocycles. The first-order valence-corrected chi connectivity index (χ1v) is 13.0. The standard InChI is InChI=1S/C30H34ClF3N2O2/c1-22(24-11-5-4-6-12-24)20-36(21-25-13-8-15-27(29(25)31)30(32,33)34)16-9-17-38-26-14-7-10-23(18-26)19-28(37)35(2)3/h4-8,10-15,18,22H,9,16-17,19-21H2,1-3H3/t22-/m1/s1. The summed E-state index contributed by atoms with van der Waals surface area (Å²) in [7, 11) is 3.44. The second kappa shape index (κ2) is 13.7. The van der Waals surface area contributed by atoms with E-state index in [4.69, 9.17) is 16.3 Å². The molecule has 0 saturated heterocycles. The number of likely N-dealkylation sites (N-methyl/N-ethyl adjacent to an activating group) is 1. The van der Waals surface area contributed by atoms with Crippen LogP contribution < -0.4 is 4.74 Å². The molecule has 4 nitrogen and oxygen atoms in total. The molecule has 0 N–H and O–H groups in total. The highest BCUT2D eigenvalue weighted by molar-refractivity contribution is 6.32. The number of ether oxygens (including phenoxy) is 1. The Morgan fingerprint density at radius 1 is 1.00 bits per heavy atom. The molecule has 0 aliphatic rings. The van der Waals surface area contributed by atoms with E-state index in [9.17, 15) is 18.0 Å². The van der Waals surface area contributed by atoms with E-state index < -0.39 is 11.7 Å². The van der Waals surface area contributed by atoms with Gasteiger partial charge in [0.2, 0.25) is 5.91 Å². The lowest BCUT2D eigenvalue weighted by molar-refractivity contribution is -0.137. The molecule has 0 spiro atoms. The lowest BCUT2D eigenvalue weighted by Crippen LogP contribution is -2.30. The fraction of sp³-hybridized carbons (Fsp3) is 0.367. The van der Waals surface area contributed by atoms with Gasteiger partial charge >= 0.3 is 6.18 Å². The van der Waals surface area contributed by atoms with Gasteiger partial charge in [0, 0.05) is 33.7 Å². The molecule has 0 radical (unpaired) electrons. The highest BCUT2D eigenvalue weighted by atomic mass is 35.5. The third-order valence-electron chi connectivity index (χ3n) is 6.32. The van der Waals surface area contributed by atoms with Crippen LogP contribution in [-0.2, 0) is 23.9 Å². The number of alkyl halides is 3. The number of hydrogen-bond acceptors (Lipinski definition) is 3. The summed E-state index contributed by atoms with van der Waals surface area (Å²) < 4.78 is 46.2. The lowest BCUT2D eigenvalue weighted by atomic mass is 10.00. The number of benzene rings is 3. The first-order chi connectivity index (χ1) is 18.0. The van der Waals surface area contributed by atoms with Crippen molar-refractivity contribution in [3.05, 3.63) is 100 Å². The Hall–Kier alpha value is -3.03. The first kappa shape index (κ1) is 29.5. The smallest absolute Gasteiger partial charge is 0.417 e. The third kappa shape index (κ3) is 8.77. The maximum atomic E-state index is 13.4. The van der Waals surface area contributed by atoms with Crippen molar-refractivity contribution in [1.29, 1.82) is 0 Å². The zero-order chi connectivity index (χ0) is 27.7. The summed E-state index contributed by atoms with van der Waals surface area (Å²) in [6.45, 7) is 4.09. The zero-order valence-corrected chi connectivity index (χ0v) is 22.7. The Labute approximate surface area is 228 Å². The minimum atomic E-state index is -4.51. The Kier molecular flexibility index (Phi) is 10.6. The SMILES string of the molecule is C[C@H](CN(CCCOc1cccc(CC(=O)N(C)C)c1)Cc1cccc(C(F)(F)F)c1Cl)c1ccccc1. The third-order valence-corrected chi connectivity index (χ3v) is 6.77. The van der Waals surface area contributed by atoms with Crippen LogP contribution in [0.25, 0.3) is 0 Å². The van der Waals surface area contributed by atoms with Gasteiger partial charge < -0.3 is 9.64 Å². The van der Waals surface area contributed by atoms with Crippen LogP contribution in [0.2, 0.25) is 5.02 Å². The number of amides is 1. The van der Waals surface area contributed by atoms with Crippen LogP contribution in [0.15, 0.2) is 72.8 Å². The van der Waals surface area contributed by atoms with Gasteiger partial charge in [-0.1, -0.05) is 73.1 Å². The number of halogens is 4. The molecule has 3 rings (SSSR count). The van der Waals surface area contributed by atoms with E-state index in [2.05, 4.69) is 24.0 Å². The van der Waals surface area contributed by atoms with E-state index in [1.165, 1.54) is 6.07 Å². The van der Waals surface area contributed by atoms with E-state index in [-0.39, 0.29) is 16.8 Å². The summed E-state index contributed by atoms with van der Waals surface area (Å²) in [6.07, 6.45) is -3.54. The van der Waals surface area contributed by atoms with Crippen LogP contribution >= 0.6 is 11.6 Å². The van der Waals surface area contributed by atoms with E-state index in [0.717, 1.165) is 17.2 Å². The predicted molar refractivity (Wildman–Crippen MR) is 146 cm³/mol. The second-order valence-electron chi connectivity index (χ2n) is 9.64. The van der Waals surface area contributed by atoms with E-state index in [1.807, 2.05) is 42.5 Å². The summed E-state index contributed by atoms with van der Waals surface area (Å²) >= 11 is 6.20. The number of carbonyl (C=O) groups excluding carboxylic acids is 1. The van der Waals surface area contributed by atoms with Crippen molar-refractivity contribution in [2.75, 3.05) is 33.8 Å². The van der Waals surface area contributed by atoms with Crippen molar-refractivity contribution in [2.24, 2.45) is 0 Å². The molecular weight excluding hydrogens is 513 g/mol. The van der Waals surface area contributed by atoms with Crippen molar-refractivity contribution in [3.8, 4) is 5.75 Å². The Balaban J connectivity index is 1.66. The largest absolute Gasteiger partial charge is 0.494 e. The van der Waals surface area contributed by atoms with Gasteiger partial charge in [0.05, 0.1) is 23.6 Å². The summed E-state index contributed by atoms with van der Waals surface area (Å²) in [6, 6.07) is 21.5. The second-order valence-corrected chi connectivity index (χ2v) is 10.0. The molecule has 204 valence electrons. The van der Waals surface area contributed by atoms with Gasteiger partial charge in [-0.3, -0.25) is 9.69 Å². The summed E-state index contributed by atoms with van der Waals surface area (Å²) in [5.41, 5.74) is 1.66. The molecule has 0 heterocycles. The normalized spacial score (nSPS) is 12.4. The maximum Gasteiger partial charge on any atom is 0.417 e. The quantitative estimate of drug-likeness (QED) is 0.228. The van der Waals surface area contributed by atoms with Crippen molar-refractivity contribution in [1.82, 2.24) is 9.80 Å². The van der Waals surface area contributed by atoms with Crippen molar-refractivity contribution in [2.45, 2.75) is 38.4 Å². The Bertz CT molecular complexity index is 1190. The summed E-state index contributed by atoms with van der Waals surface area (Å²) in [5.74, 6) is 0.866.